The van der Waals surface area contributed by atoms with Crippen LogP contribution in [0.15, 0.2) is 31.0 Å². The molecule has 0 saturated carbocycles. The molecule has 20 heavy (non-hydrogen) atoms. The van der Waals surface area contributed by atoms with E-state index in [2.05, 4.69) is 17.6 Å². The maximum absolute atomic E-state index is 13.2. The van der Waals surface area contributed by atoms with Gasteiger partial charge in [-0.3, -0.25) is 4.98 Å². The van der Waals surface area contributed by atoms with Crippen LogP contribution in [0.5, 0.6) is 0 Å². The van der Waals surface area contributed by atoms with Gasteiger partial charge in [-0.25, -0.2) is 4.39 Å². The predicted octanol–water partition coefficient (Wildman–Crippen LogP) is 3.94. The first kappa shape index (κ1) is 14.0. The summed E-state index contributed by atoms with van der Waals surface area (Å²) in [4.78, 5) is 4.16. The predicted molar refractivity (Wildman–Crippen MR) is 77.7 cm³/mol. The van der Waals surface area contributed by atoms with Gasteiger partial charge in [-0.05, 0) is 54.3 Å². The zero-order chi connectivity index (χ0) is 14.7. The summed E-state index contributed by atoms with van der Waals surface area (Å²) in [6, 6.07) is 7.30. The zero-order valence-corrected chi connectivity index (χ0v) is 11.6. The molecular weight excluding hydrogens is 251 g/mol. The first-order valence-electron chi connectivity index (χ1n) is 6.32. The topological polar surface area (TPSA) is 36.7 Å². The first-order valence-corrected chi connectivity index (χ1v) is 6.32. The van der Waals surface area contributed by atoms with Gasteiger partial charge in [-0.15, -0.1) is 0 Å². The Morgan fingerprint density at radius 2 is 1.95 bits per heavy atom. The fraction of sp³-hybridized carbons (Fsp3) is 0.176. The highest BCUT2D eigenvalue weighted by molar-refractivity contribution is 5.52. The standard InChI is InChI=1S/C17H15FN2/c1-4-14-7-15(18)10-20-17(14)8-16-11(2)5-13(9-19)6-12(16)3/h4-7,10H,1,8H2,2-3H3. The second-order valence-electron chi connectivity index (χ2n) is 4.77. The second kappa shape index (κ2) is 5.66. The Labute approximate surface area is 118 Å². The number of hydrogen-bond donors (Lipinski definition) is 0. The van der Waals surface area contributed by atoms with Crippen LogP contribution < -0.4 is 0 Å². The maximum Gasteiger partial charge on any atom is 0.142 e. The SMILES string of the molecule is C=Cc1cc(F)cnc1Cc1c(C)cc(C#N)cc1C. The van der Waals surface area contributed by atoms with Crippen LogP contribution in [-0.4, -0.2) is 4.98 Å². The largest absolute Gasteiger partial charge is 0.257 e. The number of aromatic nitrogens is 1. The van der Waals surface area contributed by atoms with Gasteiger partial charge in [0.2, 0.25) is 0 Å². The second-order valence-corrected chi connectivity index (χ2v) is 4.77. The molecule has 100 valence electrons. The minimum absolute atomic E-state index is 0.364. The summed E-state index contributed by atoms with van der Waals surface area (Å²) in [7, 11) is 0. The molecule has 0 bridgehead atoms. The van der Waals surface area contributed by atoms with Crippen LogP contribution in [0, 0.1) is 31.0 Å². The van der Waals surface area contributed by atoms with E-state index < -0.39 is 0 Å². The van der Waals surface area contributed by atoms with Gasteiger partial charge in [0.05, 0.1) is 23.5 Å². The van der Waals surface area contributed by atoms with Crippen molar-refractivity contribution < 1.29 is 4.39 Å². The molecule has 0 fully saturated rings. The van der Waals surface area contributed by atoms with Crippen molar-refractivity contribution in [1.29, 1.82) is 5.26 Å². The van der Waals surface area contributed by atoms with Crippen molar-refractivity contribution in [1.82, 2.24) is 4.98 Å². The summed E-state index contributed by atoms with van der Waals surface area (Å²) in [5.74, 6) is -0.364. The number of halogens is 1. The van der Waals surface area contributed by atoms with Crippen molar-refractivity contribution in [2.75, 3.05) is 0 Å². The lowest BCUT2D eigenvalue weighted by Gasteiger charge is -2.12. The van der Waals surface area contributed by atoms with Crippen molar-refractivity contribution >= 4 is 6.08 Å². The first-order chi connectivity index (χ1) is 9.55. The van der Waals surface area contributed by atoms with Crippen LogP contribution in [-0.2, 0) is 6.42 Å². The van der Waals surface area contributed by atoms with Gasteiger partial charge >= 0.3 is 0 Å². The monoisotopic (exact) mass is 266 g/mol. The third-order valence-corrected chi connectivity index (χ3v) is 3.36. The summed E-state index contributed by atoms with van der Waals surface area (Å²) in [5.41, 5.74) is 5.35. The zero-order valence-electron chi connectivity index (χ0n) is 11.6. The Hall–Kier alpha value is -2.47. The van der Waals surface area contributed by atoms with Crippen molar-refractivity contribution in [2.24, 2.45) is 0 Å². The molecule has 1 aromatic heterocycles. The Morgan fingerprint density at radius 1 is 1.30 bits per heavy atom. The lowest BCUT2D eigenvalue weighted by molar-refractivity contribution is 0.619. The number of nitrogens with zero attached hydrogens (tertiary/aromatic N) is 2. The summed E-state index contributed by atoms with van der Waals surface area (Å²) in [6.07, 6.45) is 3.43. The molecule has 2 rings (SSSR count). The van der Waals surface area contributed by atoms with Gasteiger partial charge in [0.15, 0.2) is 0 Å². The molecule has 0 aliphatic carbocycles. The summed E-state index contributed by atoms with van der Waals surface area (Å²) in [6.45, 7) is 7.64. The van der Waals surface area contributed by atoms with Crippen LogP contribution in [0.2, 0.25) is 0 Å². The molecule has 0 aliphatic rings. The molecule has 0 spiro atoms. The van der Waals surface area contributed by atoms with Crippen molar-refractivity contribution in [3.05, 3.63) is 70.3 Å². The highest BCUT2D eigenvalue weighted by atomic mass is 19.1. The molecule has 1 heterocycles. The molecule has 2 nitrogen and oxygen atoms in total. The van der Waals surface area contributed by atoms with Crippen LogP contribution in [0.3, 0.4) is 0 Å². The Balaban J connectivity index is 2.46. The van der Waals surface area contributed by atoms with E-state index in [0.717, 1.165) is 22.4 Å². The van der Waals surface area contributed by atoms with Crippen LogP contribution in [0.1, 0.15) is 33.5 Å². The highest BCUT2D eigenvalue weighted by Gasteiger charge is 2.10. The third-order valence-electron chi connectivity index (χ3n) is 3.36. The van der Waals surface area contributed by atoms with E-state index in [9.17, 15) is 4.39 Å². The van der Waals surface area contributed by atoms with Gasteiger partial charge in [0, 0.05) is 6.42 Å². The van der Waals surface area contributed by atoms with E-state index in [4.69, 9.17) is 5.26 Å². The maximum atomic E-state index is 13.2. The van der Waals surface area contributed by atoms with Crippen molar-refractivity contribution in [3.8, 4) is 6.07 Å². The fourth-order valence-electron chi connectivity index (χ4n) is 2.31. The number of hydrogen-bond acceptors (Lipinski definition) is 2. The quantitative estimate of drug-likeness (QED) is 0.843. The Kier molecular flexibility index (Phi) is 3.95. The molecular formula is C17H15FN2. The summed E-state index contributed by atoms with van der Waals surface area (Å²) < 4.78 is 13.2. The number of pyridine rings is 1. The third kappa shape index (κ3) is 2.75. The lowest BCUT2D eigenvalue weighted by Crippen LogP contribution is -2.01. The van der Waals surface area contributed by atoms with E-state index in [1.54, 1.807) is 6.08 Å². The number of rotatable bonds is 3. The molecule has 3 heteroatoms. The van der Waals surface area contributed by atoms with Gasteiger partial charge in [0.1, 0.15) is 5.82 Å². The average Bonchev–Trinajstić information content (AvgIpc) is 2.43. The van der Waals surface area contributed by atoms with E-state index in [0.29, 0.717) is 17.5 Å². The van der Waals surface area contributed by atoms with Gasteiger partial charge in [0.25, 0.3) is 0 Å². The fourth-order valence-corrected chi connectivity index (χ4v) is 2.31. The summed E-state index contributed by atoms with van der Waals surface area (Å²) in [5, 5.41) is 8.96. The number of aryl methyl sites for hydroxylation is 2. The molecule has 0 amide bonds. The molecule has 0 radical (unpaired) electrons. The molecule has 2 aromatic rings. The van der Waals surface area contributed by atoms with E-state index in [1.807, 2.05) is 26.0 Å². The van der Waals surface area contributed by atoms with E-state index in [-0.39, 0.29) is 5.82 Å². The van der Waals surface area contributed by atoms with Crippen molar-refractivity contribution in [2.45, 2.75) is 20.3 Å². The molecule has 0 N–H and O–H groups in total. The molecule has 0 saturated heterocycles. The average molecular weight is 266 g/mol. The van der Waals surface area contributed by atoms with Gasteiger partial charge in [-0.1, -0.05) is 12.7 Å². The molecule has 0 unspecified atom stereocenters. The van der Waals surface area contributed by atoms with Crippen LogP contribution in [0.25, 0.3) is 6.08 Å². The minimum atomic E-state index is -0.364. The molecule has 1 aromatic carbocycles. The highest BCUT2D eigenvalue weighted by Crippen LogP contribution is 2.21. The van der Waals surface area contributed by atoms with Crippen LogP contribution >= 0.6 is 0 Å². The van der Waals surface area contributed by atoms with E-state index >= 15 is 0 Å². The van der Waals surface area contributed by atoms with Crippen LogP contribution in [0.4, 0.5) is 4.39 Å². The van der Waals surface area contributed by atoms with Gasteiger partial charge < -0.3 is 0 Å². The van der Waals surface area contributed by atoms with Gasteiger partial charge in [-0.2, -0.15) is 5.26 Å². The Bertz CT molecular complexity index is 688. The minimum Gasteiger partial charge on any atom is -0.257 e. The number of nitriles is 1. The smallest absolute Gasteiger partial charge is 0.142 e. The van der Waals surface area contributed by atoms with E-state index in [1.165, 1.54) is 12.3 Å². The lowest BCUT2D eigenvalue weighted by atomic mass is 9.94. The van der Waals surface area contributed by atoms with Crippen molar-refractivity contribution in [3.63, 3.8) is 0 Å². The summed E-state index contributed by atoms with van der Waals surface area (Å²) >= 11 is 0. The normalized spacial score (nSPS) is 10.1. The molecule has 0 aliphatic heterocycles. The number of benzene rings is 1. The molecule has 0 atom stereocenters. The Morgan fingerprint density at radius 3 is 2.50 bits per heavy atom.